The lowest BCUT2D eigenvalue weighted by Crippen LogP contribution is -2.33. The predicted octanol–water partition coefficient (Wildman–Crippen LogP) is 7.79. The monoisotopic (exact) mass is 511 g/mol. The standard InChI is InChI=1S/C16H23NO.C12H18N2O.2C2H6/c1-12-6-5-11-17(12)15(18)13-7-9-14(10-8-13)16(2,3)4;1-5-13-11(15)10-7-6-9(8-14-10)12(2,3)4;2*1-2/h7-10,12H,5-6,11H2,1-4H3;6-8H,5H2,1-4H3,(H,13,15);2*1-2H3. The minimum atomic E-state index is -0.113. The fourth-order valence-electron chi connectivity index (χ4n) is 3.74. The number of likely N-dealkylation sites (tertiary alicyclic amines) is 1. The van der Waals surface area contributed by atoms with Crippen LogP contribution in [0.2, 0.25) is 0 Å². The Balaban J connectivity index is 0.000000626. The van der Waals surface area contributed by atoms with Crippen LogP contribution in [-0.4, -0.2) is 40.8 Å². The molecule has 5 nitrogen and oxygen atoms in total. The first-order valence-corrected chi connectivity index (χ1v) is 14.0. The SMILES string of the molecule is CC.CC.CC1CCCN1C(=O)c1ccc(C(C)(C)C)cc1.CCNC(=O)c1ccc(C(C)(C)C)cn1. The minimum Gasteiger partial charge on any atom is -0.351 e. The molecule has 2 heterocycles. The highest BCUT2D eigenvalue weighted by Gasteiger charge is 2.26. The Kier molecular flexibility index (Phi) is 15.0. The largest absolute Gasteiger partial charge is 0.351 e. The molecule has 37 heavy (non-hydrogen) atoms. The van der Waals surface area contributed by atoms with E-state index in [0.29, 0.717) is 18.3 Å². The van der Waals surface area contributed by atoms with Crippen molar-refractivity contribution in [3.8, 4) is 0 Å². The number of nitrogens with one attached hydrogen (secondary N) is 1. The fraction of sp³-hybridized carbons (Fsp3) is 0.594. The molecule has 0 bridgehead atoms. The first-order valence-electron chi connectivity index (χ1n) is 14.0. The van der Waals surface area contributed by atoms with E-state index in [4.69, 9.17) is 0 Å². The van der Waals surface area contributed by atoms with Crippen molar-refractivity contribution in [3.05, 3.63) is 65.0 Å². The summed E-state index contributed by atoms with van der Waals surface area (Å²) in [5, 5.41) is 2.72. The molecule has 0 aliphatic carbocycles. The summed E-state index contributed by atoms with van der Waals surface area (Å²) < 4.78 is 0. The average molecular weight is 512 g/mol. The summed E-state index contributed by atoms with van der Waals surface area (Å²) in [4.78, 5) is 29.9. The van der Waals surface area contributed by atoms with E-state index in [2.05, 4.69) is 70.9 Å². The summed E-state index contributed by atoms with van der Waals surface area (Å²) in [7, 11) is 0. The number of rotatable bonds is 3. The van der Waals surface area contributed by atoms with Crippen molar-refractivity contribution in [2.75, 3.05) is 13.1 Å². The summed E-state index contributed by atoms with van der Waals surface area (Å²) in [6, 6.07) is 12.2. The van der Waals surface area contributed by atoms with Crippen LogP contribution in [0.1, 0.15) is 128 Å². The maximum Gasteiger partial charge on any atom is 0.269 e. The zero-order valence-corrected chi connectivity index (χ0v) is 25.7. The van der Waals surface area contributed by atoms with Gasteiger partial charge in [0.05, 0.1) is 0 Å². The molecular formula is C32H53N3O2. The van der Waals surface area contributed by atoms with Gasteiger partial charge in [0.15, 0.2) is 0 Å². The molecular weight excluding hydrogens is 458 g/mol. The maximum absolute atomic E-state index is 12.3. The average Bonchev–Trinajstić information content (AvgIpc) is 3.31. The molecule has 1 saturated heterocycles. The van der Waals surface area contributed by atoms with Crippen molar-refractivity contribution in [2.24, 2.45) is 0 Å². The number of hydrogen-bond acceptors (Lipinski definition) is 3. The molecule has 1 fully saturated rings. The molecule has 208 valence electrons. The number of aromatic nitrogens is 1. The molecule has 1 aromatic carbocycles. The second-order valence-electron chi connectivity index (χ2n) is 10.9. The number of amides is 2. The summed E-state index contributed by atoms with van der Waals surface area (Å²) in [6.07, 6.45) is 4.03. The first kappa shape index (κ1) is 34.3. The zero-order valence-electron chi connectivity index (χ0n) is 25.7. The van der Waals surface area contributed by atoms with Gasteiger partial charge in [-0.1, -0.05) is 87.4 Å². The first-order chi connectivity index (χ1) is 17.3. The minimum absolute atomic E-state index is 0.0762. The molecule has 0 radical (unpaired) electrons. The van der Waals surface area contributed by atoms with E-state index in [1.54, 1.807) is 12.3 Å². The normalized spacial score (nSPS) is 14.7. The predicted molar refractivity (Wildman–Crippen MR) is 159 cm³/mol. The molecule has 1 aliphatic heterocycles. The number of carbonyl (C=O) groups excluding carboxylic acids is 2. The number of benzene rings is 1. The van der Waals surface area contributed by atoms with Gasteiger partial charge in [-0.25, -0.2) is 0 Å². The van der Waals surface area contributed by atoms with E-state index in [1.807, 2.05) is 57.7 Å². The van der Waals surface area contributed by atoms with Gasteiger partial charge in [-0.2, -0.15) is 0 Å². The fourth-order valence-corrected chi connectivity index (χ4v) is 3.74. The van der Waals surface area contributed by atoms with E-state index in [1.165, 1.54) is 5.56 Å². The highest BCUT2D eigenvalue weighted by atomic mass is 16.2. The van der Waals surface area contributed by atoms with Crippen LogP contribution >= 0.6 is 0 Å². The Morgan fingerprint density at radius 3 is 1.78 bits per heavy atom. The van der Waals surface area contributed by atoms with Crippen LogP contribution in [0, 0.1) is 0 Å². The van der Waals surface area contributed by atoms with Gasteiger partial charge < -0.3 is 10.2 Å². The van der Waals surface area contributed by atoms with Gasteiger partial charge in [0.1, 0.15) is 5.69 Å². The van der Waals surface area contributed by atoms with Gasteiger partial charge in [0.25, 0.3) is 11.8 Å². The van der Waals surface area contributed by atoms with E-state index < -0.39 is 0 Å². The summed E-state index contributed by atoms with van der Waals surface area (Å²) in [5.41, 5.74) is 3.92. The van der Waals surface area contributed by atoms with Crippen LogP contribution in [0.5, 0.6) is 0 Å². The van der Waals surface area contributed by atoms with E-state index in [-0.39, 0.29) is 22.6 Å². The number of carbonyl (C=O) groups is 2. The maximum atomic E-state index is 12.3. The molecule has 0 saturated carbocycles. The van der Waals surface area contributed by atoms with Crippen LogP contribution in [0.25, 0.3) is 0 Å². The lowest BCUT2D eigenvalue weighted by molar-refractivity contribution is 0.0747. The third-order valence-corrected chi connectivity index (χ3v) is 6.01. The Bertz CT molecular complexity index is 920. The molecule has 0 spiro atoms. The Morgan fingerprint density at radius 1 is 0.892 bits per heavy atom. The third-order valence-electron chi connectivity index (χ3n) is 6.01. The third kappa shape index (κ3) is 11.1. The lowest BCUT2D eigenvalue weighted by atomic mass is 9.86. The van der Waals surface area contributed by atoms with Crippen LogP contribution < -0.4 is 5.32 Å². The molecule has 1 N–H and O–H groups in total. The van der Waals surface area contributed by atoms with Crippen LogP contribution in [0.15, 0.2) is 42.6 Å². The van der Waals surface area contributed by atoms with Crippen molar-refractivity contribution in [1.29, 1.82) is 0 Å². The van der Waals surface area contributed by atoms with E-state index in [9.17, 15) is 9.59 Å². The van der Waals surface area contributed by atoms with Crippen molar-refractivity contribution in [1.82, 2.24) is 15.2 Å². The van der Waals surface area contributed by atoms with Crippen molar-refractivity contribution in [3.63, 3.8) is 0 Å². The second kappa shape index (κ2) is 16.2. The number of pyridine rings is 1. The molecule has 1 unspecified atom stereocenters. The van der Waals surface area contributed by atoms with E-state index in [0.717, 1.165) is 30.5 Å². The van der Waals surface area contributed by atoms with Crippen LogP contribution in [-0.2, 0) is 10.8 Å². The Labute approximate surface area is 227 Å². The van der Waals surface area contributed by atoms with Gasteiger partial charge in [-0.3, -0.25) is 14.6 Å². The highest BCUT2D eigenvalue weighted by molar-refractivity contribution is 5.94. The van der Waals surface area contributed by atoms with Gasteiger partial charge >= 0.3 is 0 Å². The Hall–Kier alpha value is -2.69. The molecule has 3 rings (SSSR count). The topological polar surface area (TPSA) is 62.3 Å². The summed E-state index contributed by atoms with van der Waals surface area (Å²) in [6.45, 7) is 26.5. The van der Waals surface area contributed by atoms with Gasteiger partial charge in [-0.15, -0.1) is 0 Å². The molecule has 1 aliphatic rings. The second-order valence-corrected chi connectivity index (χ2v) is 10.9. The quantitative estimate of drug-likeness (QED) is 0.457. The number of nitrogens with zero attached hydrogens (tertiary/aromatic N) is 2. The summed E-state index contributed by atoms with van der Waals surface area (Å²) in [5.74, 6) is 0.0680. The zero-order chi connectivity index (χ0) is 28.8. The Morgan fingerprint density at radius 2 is 1.41 bits per heavy atom. The van der Waals surface area contributed by atoms with Gasteiger partial charge in [0, 0.05) is 30.9 Å². The molecule has 1 atom stereocenters. The van der Waals surface area contributed by atoms with Crippen molar-refractivity contribution in [2.45, 2.75) is 113 Å². The summed E-state index contributed by atoms with van der Waals surface area (Å²) >= 11 is 0. The van der Waals surface area contributed by atoms with Crippen molar-refractivity contribution < 1.29 is 9.59 Å². The molecule has 2 aromatic rings. The molecule has 2 amide bonds. The van der Waals surface area contributed by atoms with Crippen LogP contribution in [0.4, 0.5) is 0 Å². The van der Waals surface area contributed by atoms with Gasteiger partial charge in [-0.05, 0) is 66.8 Å². The lowest BCUT2D eigenvalue weighted by Gasteiger charge is -2.23. The van der Waals surface area contributed by atoms with Crippen molar-refractivity contribution >= 4 is 11.8 Å². The van der Waals surface area contributed by atoms with Gasteiger partial charge in [0.2, 0.25) is 0 Å². The molecule has 1 aromatic heterocycles. The highest BCUT2D eigenvalue weighted by Crippen LogP contribution is 2.24. The number of hydrogen-bond donors (Lipinski definition) is 1. The smallest absolute Gasteiger partial charge is 0.269 e. The molecule has 5 heteroatoms. The van der Waals surface area contributed by atoms with E-state index >= 15 is 0 Å². The van der Waals surface area contributed by atoms with Crippen LogP contribution in [0.3, 0.4) is 0 Å².